The number of carbonyl (C=O) groups excluding carboxylic acids is 1. The fraction of sp³-hybridized carbons (Fsp3) is 0.348. The van der Waals surface area contributed by atoms with Crippen molar-refractivity contribution >= 4 is 11.9 Å². The van der Waals surface area contributed by atoms with E-state index in [-0.39, 0.29) is 18.1 Å². The lowest BCUT2D eigenvalue weighted by Crippen LogP contribution is -3.27. The number of phenols is 1. The monoisotopic (exact) mass is 396 g/mol. The molecular formula is C23H28N2O4+2. The Hall–Kier alpha value is -2.67. The summed E-state index contributed by atoms with van der Waals surface area (Å²) in [6.07, 6.45) is 1.76. The molecule has 0 unspecified atom stereocenters. The van der Waals surface area contributed by atoms with Crippen molar-refractivity contribution in [3.05, 3.63) is 64.4 Å². The number of allylic oxidation sites excluding steroid dienone is 1. The third kappa shape index (κ3) is 4.19. The van der Waals surface area contributed by atoms with Crippen LogP contribution in [0.25, 0.3) is 6.08 Å². The van der Waals surface area contributed by atoms with Gasteiger partial charge < -0.3 is 24.7 Å². The van der Waals surface area contributed by atoms with Crippen LogP contribution in [-0.4, -0.2) is 55.3 Å². The molecule has 2 heterocycles. The van der Waals surface area contributed by atoms with Crippen LogP contribution in [0.4, 0.5) is 0 Å². The first-order valence-corrected chi connectivity index (χ1v) is 10.2. The highest BCUT2D eigenvalue weighted by Crippen LogP contribution is 2.39. The molecule has 4 rings (SSSR count). The Morgan fingerprint density at radius 1 is 1.03 bits per heavy atom. The minimum atomic E-state index is -0.144. The van der Waals surface area contributed by atoms with E-state index in [9.17, 15) is 9.90 Å². The molecular weight excluding hydrogens is 368 g/mol. The lowest BCUT2D eigenvalue weighted by atomic mass is 10.0. The maximum absolute atomic E-state index is 12.8. The largest absolute Gasteiger partial charge is 0.507 e. The van der Waals surface area contributed by atoms with Crippen molar-refractivity contribution in [2.75, 3.05) is 39.3 Å². The van der Waals surface area contributed by atoms with Gasteiger partial charge in [0.2, 0.25) is 5.78 Å². The third-order valence-corrected chi connectivity index (χ3v) is 5.85. The van der Waals surface area contributed by atoms with E-state index in [2.05, 4.69) is 0 Å². The molecule has 2 aliphatic rings. The maximum Gasteiger partial charge on any atom is 0.231 e. The number of aryl methyl sites for hydroxylation is 1. The predicted molar refractivity (Wildman–Crippen MR) is 109 cm³/mol. The molecule has 0 aromatic heterocycles. The number of piperazine rings is 1. The Balaban J connectivity index is 1.54. The second kappa shape index (κ2) is 8.37. The van der Waals surface area contributed by atoms with Crippen molar-refractivity contribution in [1.82, 2.24) is 0 Å². The average Bonchev–Trinajstić information content (AvgIpc) is 3.03. The molecule has 0 aliphatic carbocycles. The van der Waals surface area contributed by atoms with Gasteiger partial charge in [0, 0.05) is 0 Å². The van der Waals surface area contributed by atoms with Crippen molar-refractivity contribution in [1.29, 1.82) is 0 Å². The molecule has 4 N–H and O–H groups in total. The van der Waals surface area contributed by atoms with Crippen LogP contribution in [0.15, 0.2) is 42.2 Å². The summed E-state index contributed by atoms with van der Waals surface area (Å²) in [5.74, 6) is 0.814. The van der Waals surface area contributed by atoms with E-state index in [1.807, 2.05) is 31.2 Å². The van der Waals surface area contributed by atoms with Gasteiger partial charge in [-0.3, -0.25) is 4.79 Å². The molecule has 0 amide bonds. The zero-order valence-electron chi connectivity index (χ0n) is 16.7. The van der Waals surface area contributed by atoms with Crippen LogP contribution in [0, 0.1) is 6.92 Å². The first-order chi connectivity index (χ1) is 14.0. The number of aromatic hydroxyl groups is 1. The second-order valence-electron chi connectivity index (χ2n) is 7.94. The molecule has 29 heavy (non-hydrogen) atoms. The lowest BCUT2D eigenvalue weighted by Gasteiger charge is -2.29. The van der Waals surface area contributed by atoms with Crippen molar-refractivity contribution in [2.45, 2.75) is 13.5 Å². The number of hydrogen-bond donors (Lipinski definition) is 4. The van der Waals surface area contributed by atoms with Crippen LogP contribution in [0.2, 0.25) is 0 Å². The van der Waals surface area contributed by atoms with E-state index in [0.29, 0.717) is 29.2 Å². The van der Waals surface area contributed by atoms with E-state index < -0.39 is 0 Å². The smallest absolute Gasteiger partial charge is 0.231 e. The second-order valence-corrected chi connectivity index (χ2v) is 7.94. The van der Waals surface area contributed by atoms with Gasteiger partial charge in [-0.2, -0.15) is 0 Å². The molecule has 6 heteroatoms. The number of fused-ring (bicyclic) bond motifs is 1. The van der Waals surface area contributed by atoms with Crippen LogP contribution >= 0.6 is 0 Å². The van der Waals surface area contributed by atoms with Gasteiger partial charge in [-0.25, -0.2) is 0 Å². The Labute approximate surface area is 170 Å². The molecule has 0 atom stereocenters. The number of aliphatic hydroxyl groups excluding tert-OH is 1. The van der Waals surface area contributed by atoms with Crippen molar-refractivity contribution in [3.8, 4) is 11.5 Å². The van der Waals surface area contributed by atoms with Crippen molar-refractivity contribution < 1.29 is 29.5 Å². The maximum atomic E-state index is 12.8. The van der Waals surface area contributed by atoms with Gasteiger partial charge >= 0.3 is 0 Å². The Bertz CT molecular complexity index is 929. The van der Waals surface area contributed by atoms with Crippen LogP contribution in [0.1, 0.15) is 27.0 Å². The third-order valence-electron chi connectivity index (χ3n) is 5.85. The molecule has 152 valence electrons. The van der Waals surface area contributed by atoms with Crippen LogP contribution in [0.5, 0.6) is 11.5 Å². The van der Waals surface area contributed by atoms with Gasteiger partial charge in [0.15, 0.2) is 11.5 Å². The van der Waals surface area contributed by atoms with Crippen molar-refractivity contribution in [3.63, 3.8) is 0 Å². The highest BCUT2D eigenvalue weighted by Gasteiger charge is 2.33. The summed E-state index contributed by atoms with van der Waals surface area (Å²) in [5.41, 5.74) is 3.28. The minimum Gasteiger partial charge on any atom is -0.507 e. The molecule has 1 saturated heterocycles. The first kappa shape index (κ1) is 19.6. The molecule has 0 radical (unpaired) electrons. The van der Waals surface area contributed by atoms with Gasteiger partial charge in [-0.1, -0.05) is 29.8 Å². The topological polar surface area (TPSA) is 75.6 Å². The Morgan fingerprint density at radius 2 is 1.72 bits per heavy atom. The van der Waals surface area contributed by atoms with Crippen LogP contribution in [0.3, 0.4) is 0 Å². The molecule has 2 aromatic carbocycles. The summed E-state index contributed by atoms with van der Waals surface area (Å²) in [4.78, 5) is 15.6. The summed E-state index contributed by atoms with van der Waals surface area (Å²) in [7, 11) is 0. The van der Waals surface area contributed by atoms with E-state index >= 15 is 0 Å². The molecule has 1 fully saturated rings. The van der Waals surface area contributed by atoms with Gasteiger partial charge in [0.05, 0.1) is 17.7 Å². The zero-order chi connectivity index (χ0) is 20.4. The van der Waals surface area contributed by atoms with E-state index in [1.165, 1.54) is 9.80 Å². The average molecular weight is 396 g/mol. The van der Waals surface area contributed by atoms with Crippen LogP contribution < -0.4 is 14.5 Å². The highest BCUT2D eigenvalue weighted by atomic mass is 16.5. The molecule has 6 nitrogen and oxygen atoms in total. The number of phenolic OH excluding ortho intramolecular Hbond substituents is 1. The lowest BCUT2D eigenvalue weighted by molar-refractivity contribution is -1.02. The van der Waals surface area contributed by atoms with Crippen molar-refractivity contribution in [2.24, 2.45) is 0 Å². The summed E-state index contributed by atoms with van der Waals surface area (Å²) in [6, 6.07) is 11.1. The SMILES string of the molecule is Cc1ccc(/C=C2\Oc3c(ccc(O)c3C[NH+]3CC[NH+](CCO)CC3)C2=O)cc1. The number of quaternary nitrogens is 2. The Kier molecular flexibility index (Phi) is 5.67. The quantitative estimate of drug-likeness (QED) is 0.519. The minimum absolute atomic E-state index is 0.144. The normalized spacial score (nSPS) is 22.6. The highest BCUT2D eigenvalue weighted by molar-refractivity contribution is 6.14. The fourth-order valence-corrected chi connectivity index (χ4v) is 4.07. The molecule has 2 aliphatic heterocycles. The predicted octanol–water partition coefficient (Wildman–Crippen LogP) is -0.407. The van der Waals surface area contributed by atoms with E-state index in [0.717, 1.165) is 43.9 Å². The fourth-order valence-electron chi connectivity index (χ4n) is 4.07. The molecule has 2 aromatic rings. The summed E-state index contributed by atoms with van der Waals surface area (Å²) < 4.78 is 5.97. The number of Topliss-reactive ketones (excluding diaryl/α,β-unsaturated/α-hetero) is 1. The molecule has 0 bridgehead atoms. The van der Waals surface area contributed by atoms with Gasteiger partial charge in [-0.05, 0) is 30.7 Å². The number of hydrogen-bond acceptors (Lipinski definition) is 4. The number of nitrogens with one attached hydrogen (secondary N) is 2. The van der Waals surface area contributed by atoms with E-state index in [4.69, 9.17) is 9.84 Å². The summed E-state index contributed by atoms with van der Waals surface area (Å²) in [6.45, 7) is 7.53. The standard InChI is InChI=1S/C23H26N2O4/c1-16-2-4-17(5-3-16)14-21-22(28)18-6-7-20(27)19(23(18)29-21)15-25-10-8-24(9-11-25)12-13-26/h2-7,14,26-27H,8-13,15H2,1H3/p+2/b21-14-. The number of rotatable bonds is 5. The number of carbonyl (C=O) groups is 1. The summed E-state index contributed by atoms with van der Waals surface area (Å²) >= 11 is 0. The zero-order valence-corrected chi connectivity index (χ0v) is 16.7. The number of aliphatic hydroxyl groups is 1. The molecule has 0 spiro atoms. The van der Waals surface area contributed by atoms with Crippen LogP contribution in [-0.2, 0) is 6.54 Å². The number of ether oxygens (including phenoxy) is 1. The van der Waals surface area contributed by atoms with Gasteiger partial charge in [0.1, 0.15) is 45.0 Å². The van der Waals surface area contributed by atoms with Gasteiger partial charge in [0.25, 0.3) is 0 Å². The molecule has 0 saturated carbocycles. The summed E-state index contributed by atoms with van der Waals surface area (Å²) in [5, 5.41) is 19.6. The van der Waals surface area contributed by atoms with E-state index in [1.54, 1.807) is 18.2 Å². The number of benzene rings is 2. The van der Waals surface area contributed by atoms with Gasteiger partial charge in [-0.15, -0.1) is 0 Å². The Morgan fingerprint density at radius 3 is 2.41 bits per heavy atom. The number of ketones is 1. The first-order valence-electron chi connectivity index (χ1n) is 10.2.